The van der Waals surface area contributed by atoms with Gasteiger partial charge in [-0.2, -0.15) is 13.2 Å². The van der Waals surface area contributed by atoms with Gasteiger partial charge in [-0.05, 0) is 68.9 Å². The molecule has 0 atom stereocenters. The van der Waals surface area contributed by atoms with Gasteiger partial charge in [0, 0.05) is 18.9 Å². The molecule has 0 unspecified atom stereocenters. The molecule has 1 N–H and O–H groups in total. The minimum Gasteiger partial charge on any atom is -0.436 e. The average molecular weight is 500 g/mol. The minimum atomic E-state index is -4.68. The summed E-state index contributed by atoms with van der Waals surface area (Å²) in [6, 6.07) is 3.89. The van der Waals surface area contributed by atoms with Gasteiger partial charge in [0.05, 0.1) is 10.8 Å². The van der Waals surface area contributed by atoms with Gasteiger partial charge >= 0.3 is 6.18 Å². The number of aromatic nitrogens is 3. The molecule has 0 bridgehead atoms. The number of fused-ring (bicyclic) bond motifs is 1. The summed E-state index contributed by atoms with van der Waals surface area (Å²) in [5.74, 6) is -0.626. The zero-order valence-corrected chi connectivity index (χ0v) is 20.1. The highest BCUT2D eigenvalue weighted by Gasteiger charge is 2.32. The Bertz CT molecular complexity index is 1430. The number of rotatable bonds is 6. The monoisotopic (exact) mass is 499 g/mol. The fourth-order valence-corrected chi connectivity index (χ4v) is 3.93. The van der Waals surface area contributed by atoms with Crippen LogP contribution in [0.1, 0.15) is 42.0 Å². The Kier molecular flexibility index (Phi) is 7.32. The van der Waals surface area contributed by atoms with E-state index in [9.17, 15) is 17.6 Å². The van der Waals surface area contributed by atoms with E-state index in [0.29, 0.717) is 36.5 Å². The van der Waals surface area contributed by atoms with Crippen LogP contribution < -0.4 is 20.8 Å². The average Bonchev–Trinajstić information content (AvgIpc) is 2.82. The maximum absolute atomic E-state index is 14.2. The minimum absolute atomic E-state index is 0.326. The van der Waals surface area contributed by atoms with Crippen molar-refractivity contribution in [3.63, 3.8) is 0 Å². The summed E-state index contributed by atoms with van der Waals surface area (Å²) in [6.45, 7) is 6.38. The van der Waals surface area contributed by atoms with Crippen molar-refractivity contribution >= 4 is 11.4 Å². The first-order valence-electron chi connectivity index (χ1n) is 11.4. The number of hydrogen-bond donors (Lipinski definition) is 1. The molecule has 0 fully saturated rings. The fraction of sp³-hybridized carbons (Fsp3) is 0.308. The Labute approximate surface area is 205 Å². The number of nitrogens with one attached hydrogen (secondary N) is 1. The Balaban J connectivity index is 1.49. The van der Waals surface area contributed by atoms with E-state index < -0.39 is 23.4 Å². The summed E-state index contributed by atoms with van der Waals surface area (Å²) in [7, 11) is 0. The van der Waals surface area contributed by atoms with Crippen molar-refractivity contribution in [3.05, 3.63) is 81.8 Å². The smallest absolute Gasteiger partial charge is 0.417 e. The lowest BCUT2D eigenvalue weighted by Gasteiger charge is -2.15. The van der Waals surface area contributed by atoms with Gasteiger partial charge in [-0.3, -0.25) is 0 Å². The van der Waals surface area contributed by atoms with E-state index in [-0.39, 0.29) is 0 Å². The normalized spacial score (nSPS) is 13.5. The summed E-state index contributed by atoms with van der Waals surface area (Å²) in [5, 5.41) is 4.31. The molecule has 0 saturated carbocycles. The Morgan fingerprint density at radius 1 is 1.06 bits per heavy atom. The maximum atomic E-state index is 14.2. The first-order valence-corrected chi connectivity index (χ1v) is 11.4. The van der Waals surface area contributed by atoms with Gasteiger partial charge < -0.3 is 10.1 Å². The van der Waals surface area contributed by atoms with Crippen LogP contribution in [0.5, 0.6) is 11.6 Å². The van der Waals surface area contributed by atoms with Crippen LogP contribution >= 0.6 is 0 Å². The van der Waals surface area contributed by atoms with Gasteiger partial charge in [0.2, 0.25) is 0 Å². The van der Waals surface area contributed by atoms with E-state index in [1.165, 1.54) is 11.9 Å². The Morgan fingerprint density at radius 2 is 1.86 bits per heavy atom. The van der Waals surface area contributed by atoms with Crippen LogP contribution in [0.4, 0.5) is 23.4 Å². The molecule has 2 aromatic heterocycles. The van der Waals surface area contributed by atoms with Crippen LogP contribution in [0.2, 0.25) is 0 Å². The molecule has 6 nitrogen and oxygen atoms in total. The SMILES string of the molecule is CC1=c2c(NCCc3ccc(Oc4ncc(C(F)(F)F)cc4F)c(C)c3C)ncnc2=NC=CCC1. The lowest BCUT2D eigenvalue weighted by atomic mass is 10.00. The van der Waals surface area contributed by atoms with E-state index >= 15 is 0 Å². The molecule has 10 heteroatoms. The molecule has 0 radical (unpaired) electrons. The third-order valence-corrected chi connectivity index (χ3v) is 6.12. The van der Waals surface area contributed by atoms with Gasteiger partial charge in [0.15, 0.2) is 11.3 Å². The molecule has 188 valence electrons. The predicted molar refractivity (Wildman–Crippen MR) is 128 cm³/mol. The number of alkyl halides is 3. The van der Waals surface area contributed by atoms with Gasteiger partial charge in [-0.1, -0.05) is 17.7 Å². The van der Waals surface area contributed by atoms with Crippen molar-refractivity contribution in [3.8, 4) is 11.6 Å². The molecule has 0 spiro atoms. The summed E-state index contributed by atoms with van der Waals surface area (Å²) < 4.78 is 58.0. The van der Waals surface area contributed by atoms with Crippen molar-refractivity contribution in [2.45, 2.75) is 46.2 Å². The summed E-state index contributed by atoms with van der Waals surface area (Å²) in [4.78, 5) is 16.7. The van der Waals surface area contributed by atoms with Crippen LogP contribution in [-0.2, 0) is 12.6 Å². The molecule has 36 heavy (non-hydrogen) atoms. The standard InChI is InChI=1S/C26H25F4N5O/c1-15-6-4-5-10-31-23-22(15)24(35-14-34-23)32-11-9-18-7-8-21(17(3)16(18)2)36-25-20(27)12-19(13-33-25)26(28,29)30/h5,7-8,10,12-14H,4,6,9,11H2,1-3H3,(H,31,32,34,35). The van der Waals surface area contributed by atoms with Crippen LogP contribution in [0.25, 0.3) is 5.57 Å². The van der Waals surface area contributed by atoms with Crippen LogP contribution in [0, 0.1) is 19.7 Å². The third kappa shape index (κ3) is 5.53. The van der Waals surface area contributed by atoms with E-state index in [0.717, 1.165) is 40.6 Å². The number of pyridine rings is 1. The van der Waals surface area contributed by atoms with Crippen molar-refractivity contribution in [2.24, 2.45) is 4.99 Å². The Hall–Kier alpha value is -3.82. The second-order valence-electron chi connectivity index (χ2n) is 8.51. The molecule has 3 aromatic rings. The molecule has 1 aromatic carbocycles. The lowest BCUT2D eigenvalue weighted by molar-refractivity contribution is -0.138. The number of allylic oxidation sites excluding steroid dienone is 1. The quantitative estimate of drug-likeness (QED) is 0.473. The number of halogens is 4. The molecule has 0 saturated heterocycles. The van der Waals surface area contributed by atoms with Gasteiger partial charge in [0.1, 0.15) is 17.9 Å². The molecule has 1 aliphatic rings. The van der Waals surface area contributed by atoms with Crippen molar-refractivity contribution in [2.75, 3.05) is 11.9 Å². The first-order chi connectivity index (χ1) is 17.1. The number of benzene rings is 1. The largest absolute Gasteiger partial charge is 0.436 e. The second kappa shape index (κ2) is 10.4. The highest BCUT2D eigenvalue weighted by atomic mass is 19.4. The highest BCUT2D eigenvalue weighted by Crippen LogP contribution is 2.33. The lowest BCUT2D eigenvalue weighted by Crippen LogP contribution is -2.34. The third-order valence-electron chi connectivity index (χ3n) is 6.12. The Morgan fingerprint density at radius 3 is 2.61 bits per heavy atom. The molecule has 4 rings (SSSR count). The van der Waals surface area contributed by atoms with Gasteiger partial charge in [-0.25, -0.2) is 24.3 Å². The summed E-state index contributed by atoms with van der Waals surface area (Å²) in [5.41, 5.74) is 3.35. The topological polar surface area (TPSA) is 72.3 Å². The number of hydrogen-bond acceptors (Lipinski definition) is 6. The van der Waals surface area contributed by atoms with E-state index in [1.54, 1.807) is 12.3 Å². The zero-order chi connectivity index (χ0) is 25.9. The highest BCUT2D eigenvalue weighted by molar-refractivity contribution is 5.51. The van der Waals surface area contributed by atoms with Crippen LogP contribution in [-0.4, -0.2) is 21.5 Å². The molecule has 1 aliphatic heterocycles. The van der Waals surface area contributed by atoms with Crippen molar-refractivity contribution in [1.29, 1.82) is 0 Å². The molecular formula is C26H25F4N5O. The summed E-state index contributed by atoms with van der Waals surface area (Å²) in [6.07, 6.45) is 3.63. The fourth-order valence-electron chi connectivity index (χ4n) is 3.93. The molecular weight excluding hydrogens is 474 g/mol. The first kappa shape index (κ1) is 25.3. The maximum Gasteiger partial charge on any atom is 0.417 e. The van der Waals surface area contributed by atoms with Gasteiger partial charge in [0.25, 0.3) is 5.88 Å². The zero-order valence-electron chi connectivity index (χ0n) is 20.1. The molecule has 3 heterocycles. The number of anilines is 1. The van der Waals surface area contributed by atoms with E-state index in [2.05, 4.69) is 32.2 Å². The molecule has 0 aliphatic carbocycles. The van der Waals surface area contributed by atoms with Gasteiger partial charge in [-0.15, -0.1) is 0 Å². The van der Waals surface area contributed by atoms with E-state index in [1.807, 2.05) is 26.0 Å². The van der Waals surface area contributed by atoms with Crippen LogP contribution in [0.15, 0.2) is 48.0 Å². The predicted octanol–water partition coefficient (Wildman–Crippen LogP) is 5.19. The van der Waals surface area contributed by atoms with Crippen molar-refractivity contribution < 1.29 is 22.3 Å². The molecule has 0 amide bonds. The second-order valence-corrected chi connectivity index (χ2v) is 8.51. The summed E-state index contributed by atoms with van der Waals surface area (Å²) >= 11 is 0. The van der Waals surface area contributed by atoms with Crippen molar-refractivity contribution in [1.82, 2.24) is 15.0 Å². The van der Waals surface area contributed by atoms with E-state index in [4.69, 9.17) is 4.74 Å². The number of ether oxygens (including phenoxy) is 1. The number of nitrogens with zero attached hydrogens (tertiary/aromatic N) is 4. The van der Waals surface area contributed by atoms with Crippen LogP contribution in [0.3, 0.4) is 0 Å².